The van der Waals surface area contributed by atoms with E-state index in [1.165, 1.54) is 12.1 Å². The van der Waals surface area contributed by atoms with Crippen molar-refractivity contribution in [2.75, 3.05) is 11.1 Å². The van der Waals surface area contributed by atoms with Crippen LogP contribution in [0.5, 0.6) is 0 Å². The van der Waals surface area contributed by atoms with E-state index in [9.17, 15) is 17.6 Å². The first-order chi connectivity index (χ1) is 10.8. The van der Waals surface area contributed by atoms with Crippen LogP contribution in [0.4, 0.5) is 10.1 Å². The number of benzene rings is 2. The number of hydrogen-bond donors (Lipinski definition) is 1. The first kappa shape index (κ1) is 17.1. The monoisotopic (exact) mass is 335 g/mol. The van der Waals surface area contributed by atoms with Gasteiger partial charge in [-0.15, -0.1) is 0 Å². The topological polar surface area (TPSA) is 63.2 Å². The fraction of sp³-hybridized carbons (Fsp3) is 0.235. The smallest absolute Gasteiger partial charge is 0.239 e. The largest absolute Gasteiger partial charge is 0.325 e. The Kier molecular flexibility index (Phi) is 5.15. The third-order valence-electron chi connectivity index (χ3n) is 3.50. The van der Waals surface area contributed by atoms with Gasteiger partial charge in [-0.2, -0.15) is 0 Å². The summed E-state index contributed by atoms with van der Waals surface area (Å²) in [5, 5.41) is 2.63. The lowest BCUT2D eigenvalue weighted by molar-refractivity contribution is -0.113. The highest BCUT2D eigenvalue weighted by Gasteiger charge is 2.23. The number of amides is 1. The SMILES string of the molecule is CCc1cccc(C)c1NC(=O)CS(=O)(=O)c1ccccc1F. The van der Waals surface area contributed by atoms with E-state index in [2.05, 4.69) is 5.32 Å². The van der Waals surface area contributed by atoms with Gasteiger partial charge in [0.15, 0.2) is 9.84 Å². The number of anilines is 1. The van der Waals surface area contributed by atoms with Gasteiger partial charge in [0, 0.05) is 5.69 Å². The Bertz CT molecular complexity index is 831. The predicted octanol–water partition coefficient (Wildman–Crippen LogP) is 3.11. The van der Waals surface area contributed by atoms with Crippen molar-refractivity contribution in [3.8, 4) is 0 Å². The second kappa shape index (κ2) is 6.91. The third-order valence-corrected chi connectivity index (χ3v) is 5.14. The molecular formula is C17H18FNO3S. The van der Waals surface area contributed by atoms with Crippen molar-refractivity contribution in [3.05, 3.63) is 59.4 Å². The molecule has 0 fully saturated rings. The molecule has 0 saturated carbocycles. The number of carbonyl (C=O) groups is 1. The minimum absolute atomic E-state index is 0.462. The Labute approximate surface area is 135 Å². The van der Waals surface area contributed by atoms with Crippen molar-refractivity contribution in [1.29, 1.82) is 0 Å². The molecule has 6 heteroatoms. The Hall–Kier alpha value is -2.21. The maximum atomic E-state index is 13.6. The molecule has 0 bridgehead atoms. The lowest BCUT2D eigenvalue weighted by atomic mass is 10.1. The number of nitrogens with one attached hydrogen (secondary N) is 1. The van der Waals surface area contributed by atoms with Crippen molar-refractivity contribution in [1.82, 2.24) is 0 Å². The van der Waals surface area contributed by atoms with Crippen LogP contribution in [0.15, 0.2) is 47.4 Å². The van der Waals surface area contributed by atoms with E-state index in [1.54, 1.807) is 0 Å². The van der Waals surface area contributed by atoms with E-state index in [1.807, 2.05) is 32.0 Å². The van der Waals surface area contributed by atoms with Crippen molar-refractivity contribution in [2.45, 2.75) is 25.2 Å². The zero-order valence-corrected chi connectivity index (χ0v) is 13.8. The van der Waals surface area contributed by atoms with Gasteiger partial charge < -0.3 is 5.32 Å². The molecule has 122 valence electrons. The normalized spacial score (nSPS) is 11.3. The van der Waals surface area contributed by atoms with Gasteiger partial charge in [0.05, 0.1) is 0 Å². The lowest BCUT2D eigenvalue weighted by Crippen LogP contribution is -2.24. The second-order valence-corrected chi connectivity index (χ2v) is 7.16. The Morgan fingerprint density at radius 3 is 2.48 bits per heavy atom. The molecule has 1 amide bonds. The third kappa shape index (κ3) is 3.96. The molecule has 0 saturated heterocycles. The molecule has 0 atom stereocenters. The number of carbonyl (C=O) groups excluding carboxylic acids is 1. The molecule has 1 N–H and O–H groups in total. The number of halogens is 1. The van der Waals surface area contributed by atoms with Crippen LogP contribution < -0.4 is 5.32 Å². The van der Waals surface area contributed by atoms with Crippen LogP contribution in [0.1, 0.15) is 18.1 Å². The molecular weight excluding hydrogens is 317 g/mol. The van der Waals surface area contributed by atoms with Crippen LogP contribution in [0.2, 0.25) is 0 Å². The first-order valence-corrected chi connectivity index (χ1v) is 8.86. The minimum Gasteiger partial charge on any atom is -0.325 e. The summed E-state index contributed by atoms with van der Waals surface area (Å²) < 4.78 is 38.0. The fourth-order valence-electron chi connectivity index (χ4n) is 2.32. The zero-order chi connectivity index (χ0) is 17.0. The number of aryl methyl sites for hydroxylation is 2. The van der Waals surface area contributed by atoms with Gasteiger partial charge in [-0.3, -0.25) is 4.79 Å². The Morgan fingerprint density at radius 2 is 1.83 bits per heavy atom. The number of rotatable bonds is 5. The maximum absolute atomic E-state index is 13.6. The molecule has 0 aromatic heterocycles. The van der Waals surface area contributed by atoms with Gasteiger partial charge in [0.1, 0.15) is 16.5 Å². The summed E-state index contributed by atoms with van der Waals surface area (Å²) in [6.45, 7) is 3.78. The van der Waals surface area contributed by atoms with Gasteiger partial charge in [-0.1, -0.05) is 37.3 Å². The highest BCUT2D eigenvalue weighted by Crippen LogP contribution is 2.22. The summed E-state index contributed by atoms with van der Waals surface area (Å²) in [7, 11) is -4.03. The minimum atomic E-state index is -4.03. The molecule has 0 aliphatic heterocycles. The zero-order valence-electron chi connectivity index (χ0n) is 13.0. The molecule has 0 aliphatic rings. The molecule has 0 heterocycles. The highest BCUT2D eigenvalue weighted by atomic mass is 32.2. The standard InChI is InChI=1S/C17H18FNO3S/c1-3-13-8-6-7-12(2)17(13)19-16(20)11-23(21,22)15-10-5-4-9-14(15)18/h4-10H,3,11H2,1-2H3,(H,19,20). The summed E-state index contributed by atoms with van der Waals surface area (Å²) in [6.07, 6.45) is 0.706. The molecule has 0 radical (unpaired) electrons. The summed E-state index contributed by atoms with van der Waals surface area (Å²) in [4.78, 5) is 11.7. The van der Waals surface area contributed by atoms with E-state index in [-0.39, 0.29) is 0 Å². The van der Waals surface area contributed by atoms with Gasteiger partial charge in [-0.05, 0) is 36.6 Å². The first-order valence-electron chi connectivity index (χ1n) is 7.20. The molecule has 2 rings (SSSR count). The van der Waals surface area contributed by atoms with Crippen LogP contribution in [0, 0.1) is 12.7 Å². The van der Waals surface area contributed by atoms with Crippen LogP contribution >= 0.6 is 0 Å². The summed E-state index contributed by atoms with van der Waals surface area (Å²) in [6, 6.07) is 10.6. The molecule has 4 nitrogen and oxygen atoms in total. The van der Waals surface area contributed by atoms with E-state index in [0.717, 1.165) is 23.3 Å². The highest BCUT2D eigenvalue weighted by molar-refractivity contribution is 7.92. The van der Waals surface area contributed by atoms with Crippen LogP contribution in [-0.2, 0) is 21.1 Å². The summed E-state index contributed by atoms with van der Waals surface area (Å²) in [5.74, 6) is -2.34. The van der Waals surface area contributed by atoms with E-state index < -0.39 is 32.2 Å². The molecule has 0 unspecified atom stereocenters. The Morgan fingerprint density at radius 1 is 1.13 bits per heavy atom. The van der Waals surface area contributed by atoms with Gasteiger partial charge in [-0.25, -0.2) is 12.8 Å². The Balaban J connectivity index is 2.22. The number of para-hydroxylation sites is 1. The fourth-order valence-corrected chi connectivity index (χ4v) is 3.55. The average Bonchev–Trinajstić information content (AvgIpc) is 2.49. The molecule has 0 spiro atoms. The van der Waals surface area contributed by atoms with Gasteiger partial charge in [0.2, 0.25) is 5.91 Å². The summed E-state index contributed by atoms with van der Waals surface area (Å²) >= 11 is 0. The van der Waals surface area contributed by atoms with E-state index in [4.69, 9.17) is 0 Å². The van der Waals surface area contributed by atoms with Gasteiger partial charge >= 0.3 is 0 Å². The maximum Gasteiger partial charge on any atom is 0.239 e. The number of hydrogen-bond acceptors (Lipinski definition) is 3. The molecule has 0 aliphatic carbocycles. The second-order valence-electron chi connectivity index (χ2n) is 5.20. The molecule has 23 heavy (non-hydrogen) atoms. The van der Waals surface area contributed by atoms with Crippen molar-refractivity contribution >= 4 is 21.4 Å². The van der Waals surface area contributed by atoms with Crippen molar-refractivity contribution in [3.63, 3.8) is 0 Å². The van der Waals surface area contributed by atoms with Crippen LogP contribution in [-0.4, -0.2) is 20.1 Å². The van der Waals surface area contributed by atoms with Crippen molar-refractivity contribution < 1.29 is 17.6 Å². The summed E-state index contributed by atoms with van der Waals surface area (Å²) in [5.41, 5.74) is 2.38. The van der Waals surface area contributed by atoms with E-state index in [0.29, 0.717) is 12.1 Å². The van der Waals surface area contributed by atoms with Crippen molar-refractivity contribution in [2.24, 2.45) is 0 Å². The quantitative estimate of drug-likeness (QED) is 0.913. The lowest BCUT2D eigenvalue weighted by Gasteiger charge is -2.13. The molecule has 2 aromatic carbocycles. The van der Waals surface area contributed by atoms with Crippen LogP contribution in [0.25, 0.3) is 0 Å². The predicted molar refractivity (Wildman–Crippen MR) is 87.6 cm³/mol. The van der Waals surface area contributed by atoms with Crippen LogP contribution in [0.3, 0.4) is 0 Å². The number of sulfone groups is 1. The molecule has 2 aromatic rings. The van der Waals surface area contributed by atoms with Gasteiger partial charge in [0.25, 0.3) is 0 Å². The average molecular weight is 335 g/mol. The van der Waals surface area contributed by atoms with E-state index >= 15 is 0 Å².